The third-order valence-electron chi connectivity index (χ3n) is 3.93. The molecule has 2 aromatic carbocycles. The van der Waals surface area contributed by atoms with Gasteiger partial charge < -0.3 is 4.74 Å². The van der Waals surface area contributed by atoms with Gasteiger partial charge in [0.2, 0.25) is 0 Å². The Hall–Kier alpha value is -3.01. The number of hydrogen-bond donors (Lipinski definition) is 0. The summed E-state index contributed by atoms with van der Waals surface area (Å²) in [4.78, 5) is 36.9. The molecule has 0 heterocycles. The number of esters is 1. The molecule has 4 nitrogen and oxygen atoms in total. The summed E-state index contributed by atoms with van der Waals surface area (Å²) in [6.45, 7) is 3.70. The quantitative estimate of drug-likeness (QED) is 0.548. The number of rotatable bonds is 3. The standard InChI is InChI=1S/C20H16O4/c1-3-24-20(23)12(2)10-13-8-9-16-17(11-13)19(22)15-7-5-4-6-14(15)18(16)21/h4-11H,3H2,1-2H3/b12-10+. The van der Waals surface area contributed by atoms with Crippen molar-refractivity contribution in [1.82, 2.24) is 0 Å². The number of fused-ring (bicyclic) bond motifs is 2. The molecule has 0 radical (unpaired) electrons. The minimum absolute atomic E-state index is 0.155. The Balaban J connectivity index is 2.03. The molecule has 1 aliphatic carbocycles. The Morgan fingerprint density at radius 2 is 1.54 bits per heavy atom. The zero-order chi connectivity index (χ0) is 17.3. The van der Waals surface area contributed by atoms with Crippen LogP contribution in [0.15, 0.2) is 48.0 Å². The molecule has 1 aliphatic rings. The summed E-state index contributed by atoms with van der Waals surface area (Å²) in [6, 6.07) is 11.8. The van der Waals surface area contributed by atoms with Gasteiger partial charge in [0.1, 0.15) is 0 Å². The first-order valence-electron chi connectivity index (χ1n) is 7.71. The molecule has 0 unspecified atom stereocenters. The molecular formula is C20H16O4. The minimum Gasteiger partial charge on any atom is -0.463 e. The Morgan fingerprint density at radius 1 is 0.958 bits per heavy atom. The van der Waals surface area contributed by atoms with Crippen molar-refractivity contribution in [3.05, 3.63) is 75.9 Å². The summed E-state index contributed by atoms with van der Waals surface area (Å²) < 4.78 is 4.94. The van der Waals surface area contributed by atoms with Gasteiger partial charge in [-0.1, -0.05) is 30.3 Å². The molecule has 0 saturated heterocycles. The maximum absolute atomic E-state index is 12.7. The van der Waals surface area contributed by atoms with Crippen LogP contribution < -0.4 is 0 Å². The lowest BCUT2D eigenvalue weighted by molar-refractivity contribution is -0.138. The van der Waals surface area contributed by atoms with Gasteiger partial charge in [-0.15, -0.1) is 0 Å². The van der Waals surface area contributed by atoms with E-state index < -0.39 is 5.97 Å². The van der Waals surface area contributed by atoms with Gasteiger partial charge in [0, 0.05) is 27.8 Å². The molecule has 0 atom stereocenters. The van der Waals surface area contributed by atoms with Crippen LogP contribution in [0.4, 0.5) is 0 Å². The lowest BCUT2D eigenvalue weighted by atomic mass is 9.83. The monoisotopic (exact) mass is 320 g/mol. The van der Waals surface area contributed by atoms with Gasteiger partial charge in [0.05, 0.1) is 6.61 Å². The zero-order valence-corrected chi connectivity index (χ0v) is 13.5. The van der Waals surface area contributed by atoms with Crippen LogP contribution in [0.25, 0.3) is 6.08 Å². The summed E-state index contributed by atoms with van der Waals surface area (Å²) in [5.41, 5.74) is 2.72. The normalized spacial score (nSPS) is 13.3. The van der Waals surface area contributed by atoms with Gasteiger partial charge in [-0.2, -0.15) is 0 Å². The lowest BCUT2D eigenvalue weighted by Crippen LogP contribution is -2.20. The molecule has 0 aromatic heterocycles. The van der Waals surface area contributed by atoms with Gasteiger partial charge in [0.15, 0.2) is 11.6 Å². The number of ketones is 2. The topological polar surface area (TPSA) is 60.4 Å². The molecule has 24 heavy (non-hydrogen) atoms. The Bertz CT molecular complexity index is 890. The number of benzene rings is 2. The summed E-state index contributed by atoms with van der Waals surface area (Å²) in [6.07, 6.45) is 1.65. The van der Waals surface area contributed by atoms with Crippen molar-refractivity contribution in [3.63, 3.8) is 0 Å². The predicted molar refractivity (Wildman–Crippen MR) is 90.0 cm³/mol. The Morgan fingerprint density at radius 3 is 2.17 bits per heavy atom. The highest BCUT2D eigenvalue weighted by molar-refractivity contribution is 6.28. The number of carbonyl (C=O) groups excluding carboxylic acids is 3. The van der Waals surface area contributed by atoms with Crippen molar-refractivity contribution >= 4 is 23.6 Å². The number of ether oxygens (including phenoxy) is 1. The van der Waals surface area contributed by atoms with E-state index in [4.69, 9.17) is 4.74 Å². The average Bonchev–Trinajstić information content (AvgIpc) is 2.60. The average molecular weight is 320 g/mol. The van der Waals surface area contributed by atoms with E-state index in [1.54, 1.807) is 62.4 Å². The van der Waals surface area contributed by atoms with Crippen LogP contribution in [-0.2, 0) is 9.53 Å². The Labute approximate surface area is 139 Å². The van der Waals surface area contributed by atoms with Crippen LogP contribution >= 0.6 is 0 Å². The molecule has 0 amide bonds. The second-order valence-electron chi connectivity index (χ2n) is 5.56. The SMILES string of the molecule is CCOC(=O)/C(C)=C/c1ccc2c(c1)C(=O)c1ccccc1C2=O. The molecule has 0 spiro atoms. The van der Waals surface area contributed by atoms with E-state index in [2.05, 4.69) is 0 Å². The molecular weight excluding hydrogens is 304 g/mol. The van der Waals surface area contributed by atoms with Crippen molar-refractivity contribution in [3.8, 4) is 0 Å². The highest BCUT2D eigenvalue weighted by Crippen LogP contribution is 2.28. The summed E-state index contributed by atoms with van der Waals surface area (Å²) in [5.74, 6) is -0.731. The van der Waals surface area contributed by atoms with E-state index in [0.29, 0.717) is 40.0 Å². The molecule has 0 aliphatic heterocycles. The smallest absolute Gasteiger partial charge is 0.333 e. The summed E-state index contributed by atoms with van der Waals surface area (Å²) >= 11 is 0. The van der Waals surface area contributed by atoms with Gasteiger partial charge in [-0.3, -0.25) is 9.59 Å². The summed E-state index contributed by atoms with van der Waals surface area (Å²) in [5, 5.41) is 0. The van der Waals surface area contributed by atoms with E-state index >= 15 is 0 Å². The van der Waals surface area contributed by atoms with Crippen LogP contribution in [0.5, 0.6) is 0 Å². The third kappa shape index (κ3) is 2.67. The van der Waals surface area contributed by atoms with Crippen LogP contribution in [-0.4, -0.2) is 24.1 Å². The fraction of sp³-hybridized carbons (Fsp3) is 0.150. The molecule has 4 heteroatoms. The lowest BCUT2D eigenvalue weighted by Gasteiger charge is -2.17. The molecule has 0 saturated carbocycles. The highest BCUT2D eigenvalue weighted by atomic mass is 16.5. The summed E-state index contributed by atoms with van der Waals surface area (Å²) in [7, 11) is 0. The third-order valence-corrected chi connectivity index (χ3v) is 3.93. The first-order valence-corrected chi connectivity index (χ1v) is 7.71. The van der Waals surface area contributed by atoms with Crippen molar-refractivity contribution in [2.24, 2.45) is 0 Å². The van der Waals surface area contributed by atoms with E-state index in [0.717, 1.165) is 0 Å². The van der Waals surface area contributed by atoms with Crippen molar-refractivity contribution < 1.29 is 19.1 Å². The van der Waals surface area contributed by atoms with Crippen LogP contribution in [0.2, 0.25) is 0 Å². The van der Waals surface area contributed by atoms with Gasteiger partial charge in [-0.05, 0) is 37.6 Å². The first kappa shape index (κ1) is 15.9. The van der Waals surface area contributed by atoms with Crippen LogP contribution in [0.3, 0.4) is 0 Å². The molecule has 0 fully saturated rings. The molecule has 0 N–H and O–H groups in total. The zero-order valence-electron chi connectivity index (χ0n) is 13.5. The maximum atomic E-state index is 12.7. The van der Waals surface area contributed by atoms with Gasteiger partial charge in [0.25, 0.3) is 0 Å². The second-order valence-corrected chi connectivity index (χ2v) is 5.56. The predicted octanol–water partition coefficient (Wildman–Crippen LogP) is 3.43. The molecule has 3 rings (SSSR count). The van der Waals surface area contributed by atoms with Gasteiger partial charge >= 0.3 is 5.97 Å². The van der Waals surface area contributed by atoms with Crippen molar-refractivity contribution in [1.29, 1.82) is 0 Å². The molecule has 0 bridgehead atoms. The Kier molecular flexibility index (Phi) is 4.13. The van der Waals surface area contributed by atoms with E-state index in [1.807, 2.05) is 0 Å². The van der Waals surface area contributed by atoms with E-state index in [1.165, 1.54) is 0 Å². The van der Waals surface area contributed by atoms with Crippen molar-refractivity contribution in [2.75, 3.05) is 6.61 Å². The highest BCUT2D eigenvalue weighted by Gasteiger charge is 2.29. The minimum atomic E-state index is -0.400. The second kappa shape index (κ2) is 6.24. The fourth-order valence-corrected chi connectivity index (χ4v) is 2.76. The fourth-order valence-electron chi connectivity index (χ4n) is 2.76. The van der Waals surface area contributed by atoms with Gasteiger partial charge in [-0.25, -0.2) is 4.79 Å². The molecule has 2 aromatic rings. The van der Waals surface area contributed by atoms with E-state index in [9.17, 15) is 14.4 Å². The molecule has 120 valence electrons. The largest absolute Gasteiger partial charge is 0.463 e. The number of carbonyl (C=O) groups is 3. The first-order chi connectivity index (χ1) is 11.5. The van der Waals surface area contributed by atoms with E-state index in [-0.39, 0.29) is 11.6 Å². The number of hydrogen-bond acceptors (Lipinski definition) is 4. The van der Waals surface area contributed by atoms with Crippen molar-refractivity contribution in [2.45, 2.75) is 13.8 Å². The maximum Gasteiger partial charge on any atom is 0.333 e. The van der Waals surface area contributed by atoms with Crippen LogP contribution in [0.1, 0.15) is 51.3 Å². The van der Waals surface area contributed by atoms with Crippen LogP contribution in [0, 0.1) is 0 Å².